The maximum atomic E-state index is 12.7. The molecule has 0 aliphatic carbocycles. The van der Waals surface area contributed by atoms with Crippen LogP contribution in [0.5, 0.6) is 0 Å². The number of carbonyl (C=O) groups excluding carboxylic acids is 3. The number of hydrogen-bond donors (Lipinski definition) is 2. The third-order valence-electron chi connectivity index (χ3n) is 5.25. The third kappa shape index (κ3) is 3.76. The fraction of sp³-hybridized carbons (Fsp3) is 0.318. The minimum atomic E-state index is -0.520. The Bertz CT molecular complexity index is 910. The second kappa shape index (κ2) is 7.84. The van der Waals surface area contributed by atoms with Crippen LogP contribution in [0.25, 0.3) is 0 Å². The van der Waals surface area contributed by atoms with Gasteiger partial charge in [-0.25, -0.2) is 4.79 Å². The SMILES string of the molecule is O=C(N[C@@H]1CCCCNC1=O)c1ccc2c(c1)C[C@H](c1ccccc1)OC2=O. The topological polar surface area (TPSA) is 84.5 Å². The lowest BCUT2D eigenvalue weighted by Crippen LogP contribution is -2.45. The van der Waals surface area contributed by atoms with E-state index < -0.39 is 6.04 Å². The first-order valence-corrected chi connectivity index (χ1v) is 9.59. The summed E-state index contributed by atoms with van der Waals surface area (Å²) >= 11 is 0. The minimum Gasteiger partial charge on any atom is -0.454 e. The van der Waals surface area contributed by atoms with Gasteiger partial charge in [-0.2, -0.15) is 0 Å². The standard InChI is InChI=1S/C22H22N2O4/c25-20(24-18-8-4-5-11-23-21(18)26)15-9-10-17-16(12-15)13-19(28-22(17)27)14-6-2-1-3-7-14/h1-3,6-7,9-10,12,18-19H,4-5,8,11,13H2,(H,23,26)(H,24,25)/t18-,19-/m1/s1. The molecular formula is C22H22N2O4. The minimum absolute atomic E-state index is 0.142. The summed E-state index contributed by atoms with van der Waals surface area (Å²) < 4.78 is 5.56. The smallest absolute Gasteiger partial charge is 0.339 e. The fourth-order valence-electron chi connectivity index (χ4n) is 3.71. The van der Waals surface area contributed by atoms with Gasteiger partial charge in [0, 0.05) is 18.5 Å². The fourth-order valence-corrected chi connectivity index (χ4v) is 3.71. The van der Waals surface area contributed by atoms with Crippen LogP contribution < -0.4 is 10.6 Å². The molecule has 2 atom stereocenters. The molecule has 6 nitrogen and oxygen atoms in total. The van der Waals surface area contributed by atoms with Crippen LogP contribution in [0, 0.1) is 0 Å². The monoisotopic (exact) mass is 378 g/mol. The zero-order chi connectivity index (χ0) is 19.5. The first-order chi connectivity index (χ1) is 13.6. The van der Waals surface area contributed by atoms with Gasteiger partial charge >= 0.3 is 5.97 Å². The molecule has 2 amide bonds. The van der Waals surface area contributed by atoms with Crippen molar-refractivity contribution in [2.75, 3.05) is 6.54 Å². The van der Waals surface area contributed by atoms with E-state index in [0.717, 1.165) is 24.0 Å². The average Bonchev–Trinajstić information content (AvgIpc) is 2.92. The van der Waals surface area contributed by atoms with Gasteiger partial charge in [0.15, 0.2) is 0 Å². The lowest BCUT2D eigenvalue weighted by molar-refractivity contribution is -0.122. The van der Waals surface area contributed by atoms with Gasteiger partial charge in [0.05, 0.1) is 5.56 Å². The number of fused-ring (bicyclic) bond motifs is 1. The van der Waals surface area contributed by atoms with Crippen molar-refractivity contribution in [1.29, 1.82) is 0 Å². The average molecular weight is 378 g/mol. The number of benzene rings is 2. The summed E-state index contributed by atoms with van der Waals surface area (Å²) in [5, 5.41) is 5.63. The molecule has 2 heterocycles. The molecule has 0 bridgehead atoms. The van der Waals surface area contributed by atoms with Crippen LogP contribution in [0.1, 0.15) is 57.2 Å². The lowest BCUT2D eigenvalue weighted by Gasteiger charge is -2.25. The van der Waals surface area contributed by atoms with Gasteiger partial charge in [-0.05, 0) is 48.6 Å². The summed E-state index contributed by atoms with van der Waals surface area (Å²) in [6.07, 6.45) is 2.58. The number of carbonyl (C=O) groups is 3. The molecular weight excluding hydrogens is 356 g/mol. The molecule has 144 valence electrons. The summed E-state index contributed by atoms with van der Waals surface area (Å²) in [7, 11) is 0. The van der Waals surface area contributed by atoms with Crippen LogP contribution in [0.2, 0.25) is 0 Å². The molecule has 6 heteroatoms. The molecule has 2 aromatic carbocycles. The Labute approximate surface area is 163 Å². The Morgan fingerprint density at radius 2 is 1.89 bits per heavy atom. The Balaban J connectivity index is 1.54. The van der Waals surface area contributed by atoms with Gasteiger partial charge in [-0.3, -0.25) is 9.59 Å². The molecule has 0 saturated carbocycles. The van der Waals surface area contributed by atoms with E-state index in [0.29, 0.717) is 30.5 Å². The highest BCUT2D eigenvalue weighted by atomic mass is 16.5. The van der Waals surface area contributed by atoms with Gasteiger partial charge < -0.3 is 15.4 Å². The van der Waals surface area contributed by atoms with Crippen molar-refractivity contribution < 1.29 is 19.1 Å². The molecule has 0 spiro atoms. The van der Waals surface area contributed by atoms with E-state index in [9.17, 15) is 14.4 Å². The molecule has 2 N–H and O–H groups in total. The summed E-state index contributed by atoms with van der Waals surface area (Å²) in [6, 6.07) is 14.0. The highest BCUT2D eigenvalue weighted by Gasteiger charge is 2.29. The van der Waals surface area contributed by atoms with E-state index in [1.165, 1.54) is 0 Å². The molecule has 2 aliphatic rings. The number of amides is 2. The number of ether oxygens (including phenoxy) is 1. The second-order valence-corrected chi connectivity index (χ2v) is 7.19. The Kier molecular flexibility index (Phi) is 5.10. The van der Waals surface area contributed by atoms with Crippen molar-refractivity contribution in [2.45, 2.75) is 37.8 Å². The van der Waals surface area contributed by atoms with Gasteiger partial charge in [0.1, 0.15) is 12.1 Å². The third-order valence-corrected chi connectivity index (χ3v) is 5.25. The van der Waals surface area contributed by atoms with Crippen molar-refractivity contribution in [3.63, 3.8) is 0 Å². The zero-order valence-electron chi connectivity index (χ0n) is 15.4. The van der Waals surface area contributed by atoms with Gasteiger partial charge in [-0.1, -0.05) is 30.3 Å². The largest absolute Gasteiger partial charge is 0.454 e. The summed E-state index contributed by atoms with van der Waals surface area (Å²) in [5.41, 5.74) is 2.63. The maximum Gasteiger partial charge on any atom is 0.339 e. The number of esters is 1. The molecule has 28 heavy (non-hydrogen) atoms. The first kappa shape index (κ1) is 18.2. The Morgan fingerprint density at radius 1 is 1.07 bits per heavy atom. The number of hydrogen-bond acceptors (Lipinski definition) is 4. The predicted octanol–water partition coefficient (Wildman–Crippen LogP) is 2.54. The second-order valence-electron chi connectivity index (χ2n) is 7.19. The summed E-state index contributed by atoms with van der Waals surface area (Å²) in [4.78, 5) is 37.1. The Hall–Kier alpha value is -3.15. The van der Waals surface area contributed by atoms with E-state index >= 15 is 0 Å². The quantitative estimate of drug-likeness (QED) is 0.804. The first-order valence-electron chi connectivity index (χ1n) is 9.59. The Morgan fingerprint density at radius 3 is 2.71 bits per heavy atom. The number of cyclic esters (lactones) is 1. The van der Waals surface area contributed by atoms with E-state index in [-0.39, 0.29) is 23.9 Å². The van der Waals surface area contributed by atoms with Crippen molar-refractivity contribution in [2.24, 2.45) is 0 Å². The number of nitrogens with one attached hydrogen (secondary N) is 2. The molecule has 2 aliphatic heterocycles. The van der Waals surface area contributed by atoms with E-state index in [4.69, 9.17) is 4.74 Å². The van der Waals surface area contributed by atoms with Gasteiger partial charge in [-0.15, -0.1) is 0 Å². The molecule has 0 radical (unpaired) electrons. The maximum absolute atomic E-state index is 12.7. The lowest BCUT2D eigenvalue weighted by atomic mass is 9.93. The van der Waals surface area contributed by atoms with Crippen molar-refractivity contribution in [3.05, 3.63) is 70.8 Å². The highest BCUT2D eigenvalue weighted by Crippen LogP contribution is 2.31. The summed E-state index contributed by atoms with van der Waals surface area (Å²) in [6.45, 7) is 0.646. The van der Waals surface area contributed by atoms with E-state index in [1.54, 1.807) is 18.2 Å². The van der Waals surface area contributed by atoms with E-state index in [1.807, 2.05) is 30.3 Å². The van der Waals surface area contributed by atoms with Crippen LogP contribution >= 0.6 is 0 Å². The molecule has 1 saturated heterocycles. The van der Waals surface area contributed by atoms with Gasteiger partial charge in [0.25, 0.3) is 5.91 Å². The van der Waals surface area contributed by atoms with Crippen molar-refractivity contribution >= 4 is 17.8 Å². The molecule has 1 fully saturated rings. The van der Waals surface area contributed by atoms with Crippen LogP contribution in [0.15, 0.2) is 48.5 Å². The van der Waals surface area contributed by atoms with Crippen LogP contribution in [-0.4, -0.2) is 30.4 Å². The number of rotatable bonds is 3. The summed E-state index contributed by atoms with van der Waals surface area (Å²) in [5.74, 6) is -0.832. The van der Waals surface area contributed by atoms with Crippen molar-refractivity contribution in [1.82, 2.24) is 10.6 Å². The van der Waals surface area contributed by atoms with Crippen LogP contribution in [0.4, 0.5) is 0 Å². The van der Waals surface area contributed by atoms with E-state index in [2.05, 4.69) is 10.6 Å². The van der Waals surface area contributed by atoms with Crippen LogP contribution in [-0.2, 0) is 16.0 Å². The molecule has 0 aromatic heterocycles. The van der Waals surface area contributed by atoms with Crippen molar-refractivity contribution in [3.8, 4) is 0 Å². The predicted molar refractivity (Wildman–Crippen MR) is 103 cm³/mol. The highest BCUT2D eigenvalue weighted by molar-refractivity contribution is 5.99. The molecule has 0 unspecified atom stereocenters. The van der Waals surface area contributed by atoms with Crippen LogP contribution in [0.3, 0.4) is 0 Å². The molecule has 2 aromatic rings. The molecule has 4 rings (SSSR count). The van der Waals surface area contributed by atoms with Gasteiger partial charge in [0.2, 0.25) is 5.91 Å². The zero-order valence-corrected chi connectivity index (χ0v) is 15.4. The normalized spacial score (nSPS) is 21.7.